The monoisotopic (exact) mass is 749 g/mol. The number of carbonyl (C=O) groups is 3. The van der Waals surface area contributed by atoms with E-state index in [0.29, 0.717) is 49.8 Å². The third kappa shape index (κ3) is 28.3. The van der Waals surface area contributed by atoms with Crippen LogP contribution >= 0.6 is 11.8 Å². The number of carbonyl (C=O) groups excluding carboxylic acids is 3. The molecule has 9 heteroatoms. The van der Waals surface area contributed by atoms with Gasteiger partial charge in [0.25, 0.3) is 0 Å². The van der Waals surface area contributed by atoms with Gasteiger partial charge in [-0.1, -0.05) is 143 Å². The van der Waals surface area contributed by atoms with E-state index in [1.165, 1.54) is 88.8 Å². The quantitative estimate of drug-likeness (QED) is 0.0521. The second-order valence-electron chi connectivity index (χ2n) is 14.8. The van der Waals surface area contributed by atoms with Crippen LogP contribution < -0.4 is 15.8 Å². The molecule has 8 nitrogen and oxygen atoms in total. The van der Waals surface area contributed by atoms with Gasteiger partial charge in [0.1, 0.15) is 18.5 Å². The van der Waals surface area contributed by atoms with Crippen molar-refractivity contribution >= 4 is 29.6 Å². The van der Waals surface area contributed by atoms with Crippen LogP contribution in [-0.4, -0.2) is 61.3 Å². The van der Waals surface area contributed by atoms with Crippen LogP contribution in [0.4, 0.5) is 0 Å². The molecule has 0 aliphatic carbocycles. The topological polar surface area (TPSA) is 117 Å². The lowest BCUT2D eigenvalue weighted by Crippen LogP contribution is -2.43. The molecule has 1 amide bonds. The number of nitrogens with one attached hydrogen (secondary N) is 1. The summed E-state index contributed by atoms with van der Waals surface area (Å²) in [4.78, 5) is 37.9. The van der Waals surface area contributed by atoms with Gasteiger partial charge in [-0.25, -0.2) is 0 Å². The summed E-state index contributed by atoms with van der Waals surface area (Å²) < 4.78 is 17.1. The molecule has 1 rings (SSSR count). The Hall–Kier alpha value is -2.26. The molecule has 0 aliphatic rings. The van der Waals surface area contributed by atoms with Gasteiger partial charge in [0.2, 0.25) is 5.91 Å². The Morgan fingerprint density at radius 3 is 1.77 bits per heavy atom. The van der Waals surface area contributed by atoms with Gasteiger partial charge in [-0.05, 0) is 49.3 Å². The number of unbranched alkanes of at least 4 members (excludes halogenated alkanes) is 16. The zero-order valence-corrected chi connectivity index (χ0v) is 34.4. The first-order valence-electron chi connectivity index (χ1n) is 20.9. The van der Waals surface area contributed by atoms with Gasteiger partial charge in [-0.3, -0.25) is 14.4 Å². The van der Waals surface area contributed by atoms with Crippen molar-refractivity contribution in [2.75, 3.05) is 31.3 Å². The van der Waals surface area contributed by atoms with Crippen molar-refractivity contribution in [1.29, 1.82) is 0 Å². The maximum atomic E-state index is 12.7. The number of hydrogen-bond acceptors (Lipinski definition) is 8. The fourth-order valence-corrected chi connectivity index (χ4v) is 6.78. The second-order valence-corrected chi connectivity index (χ2v) is 15.9. The first kappa shape index (κ1) is 47.8. The lowest BCUT2D eigenvalue weighted by Gasteiger charge is -2.19. The van der Waals surface area contributed by atoms with Crippen molar-refractivity contribution in [3.63, 3.8) is 0 Å². The van der Waals surface area contributed by atoms with Gasteiger partial charge in [0.05, 0.1) is 12.6 Å². The van der Waals surface area contributed by atoms with E-state index in [4.69, 9.17) is 19.9 Å². The van der Waals surface area contributed by atoms with Gasteiger partial charge in [-0.2, -0.15) is 11.8 Å². The van der Waals surface area contributed by atoms with Crippen LogP contribution in [0.5, 0.6) is 5.75 Å². The zero-order valence-electron chi connectivity index (χ0n) is 33.6. The van der Waals surface area contributed by atoms with Crippen LogP contribution in [0.25, 0.3) is 0 Å². The van der Waals surface area contributed by atoms with Gasteiger partial charge < -0.3 is 25.3 Å². The molecule has 52 heavy (non-hydrogen) atoms. The Kier molecular flexibility index (Phi) is 30.6. The molecular weight excluding hydrogens is 673 g/mol. The van der Waals surface area contributed by atoms with Crippen LogP contribution in [-0.2, 0) is 30.3 Å². The van der Waals surface area contributed by atoms with E-state index in [9.17, 15) is 14.4 Å². The van der Waals surface area contributed by atoms with Gasteiger partial charge in [-0.15, -0.1) is 0 Å². The minimum absolute atomic E-state index is 0.0236. The Morgan fingerprint density at radius 1 is 0.712 bits per heavy atom. The molecule has 0 bridgehead atoms. The fourth-order valence-electron chi connectivity index (χ4n) is 5.81. The molecule has 0 spiro atoms. The van der Waals surface area contributed by atoms with E-state index in [-0.39, 0.29) is 24.5 Å². The van der Waals surface area contributed by atoms with Crippen molar-refractivity contribution in [3.05, 3.63) is 29.8 Å². The Morgan fingerprint density at radius 2 is 1.23 bits per heavy atom. The maximum Gasteiger partial charge on any atom is 0.306 e. The molecule has 0 heterocycles. The number of ether oxygens (including phenoxy) is 3. The summed E-state index contributed by atoms with van der Waals surface area (Å²) in [7, 11) is 0. The summed E-state index contributed by atoms with van der Waals surface area (Å²) in [5, 5.41) is 2.93. The maximum absolute atomic E-state index is 12.7. The number of hydrogen-bond donors (Lipinski definition) is 2. The van der Waals surface area contributed by atoms with E-state index in [2.05, 4.69) is 33.0 Å². The second kappa shape index (κ2) is 33.3. The number of nitrogens with two attached hydrogens (primary N) is 1. The summed E-state index contributed by atoms with van der Waals surface area (Å²) in [6.45, 7) is 10.0. The van der Waals surface area contributed by atoms with E-state index in [0.717, 1.165) is 56.3 Å². The number of esters is 2. The Balaban J connectivity index is 2.43. The molecule has 0 fully saturated rings. The lowest BCUT2D eigenvalue weighted by atomic mass is 10.1. The van der Waals surface area contributed by atoms with Gasteiger partial charge >= 0.3 is 11.9 Å². The number of benzene rings is 1. The molecule has 3 N–H and O–H groups in total. The molecule has 0 unspecified atom stereocenters. The van der Waals surface area contributed by atoms with Gasteiger partial charge in [0.15, 0.2) is 0 Å². The molecule has 0 radical (unpaired) electrons. The first-order chi connectivity index (χ1) is 25.2. The average molecular weight is 749 g/mol. The number of thioether (sulfide) groups is 1. The number of rotatable bonds is 35. The molecule has 0 saturated heterocycles. The van der Waals surface area contributed by atoms with Crippen LogP contribution in [0, 0.1) is 5.92 Å². The van der Waals surface area contributed by atoms with E-state index in [1.54, 1.807) is 0 Å². The third-order valence-electron chi connectivity index (χ3n) is 9.24. The smallest absolute Gasteiger partial charge is 0.306 e. The Bertz CT molecular complexity index is 1020. The summed E-state index contributed by atoms with van der Waals surface area (Å²) in [6, 6.07) is 7.27. The minimum atomic E-state index is -0.700. The Labute approximate surface area is 322 Å². The highest BCUT2D eigenvalue weighted by Crippen LogP contribution is 2.16. The molecule has 0 aromatic heterocycles. The fraction of sp³-hybridized carbons (Fsp3) is 0.791. The molecule has 2 atom stereocenters. The predicted molar refractivity (Wildman–Crippen MR) is 218 cm³/mol. The molecule has 0 saturated carbocycles. The van der Waals surface area contributed by atoms with Crippen LogP contribution in [0.1, 0.15) is 168 Å². The highest BCUT2D eigenvalue weighted by atomic mass is 32.2. The lowest BCUT2D eigenvalue weighted by molar-refractivity contribution is -0.157. The molecular formula is C43H76N2O6S. The van der Waals surface area contributed by atoms with Crippen molar-refractivity contribution in [2.45, 2.75) is 181 Å². The van der Waals surface area contributed by atoms with Gasteiger partial charge in [0, 0.05) is 30.9 Å². The molecule has 0 aliphatic heterocycles. The van der Waals surface area contributed by atoms with Crippen LogP contribution in [0.3, 0.4) is 0 Å². The van der Waals surface area contributed by atoms with Crippen molar-refractivity contribution in [3.8, 4) is 5.75 Å². The highest BCUT2D eigenvalue weighted by Gasteiger charge is 2.20. The standard InChI is InChI=1S/C43H76N2O6S/c1-5-7-9-11-13-15-17-19-21-23-41(46)50-33-39(51-42(47)24-22-20-18-16-14-12-10-8-6-2)34-52-35-40(44)43(48)45-31-29-37-25-27-38(28-26-37)49-32-30-36(3)4/h25-28,36,39-40H,5-24,29-35,44H2,1-4H3,(H,45,48)/t39-,40+/m1/s1. The normalized spacial score (nSPS) is 12.4. The number of amides is 1. The molecule has 1 aromatic carbocycles. The summed E-state index contributed by atoms with van der Waals surface area (Å²) in [6.07, 6.45) is 23.1. The molecule has 1 aromatic rings. The molecule has 300 valence electrons. The largest absolute Gasteiger partial charge is 0.494 e. The third-order valence-corrected chi connectivity index (χ3v) is 10.4. The van der Waals surface area contributed by atoms with Crippen molar-refractivity contribution in [1.82, 2.24) is 5.32 Å². The van der Waals surface area contributed by atoms with Crippen LogP contribution in [0.15, 0.2) is 24.3 Å². The summed E-state index contributed by atoms with van der Waals surface area (Å²) >= 11 is 1.44. The summed E-state index contributed by atoms with van der Waals surface area (Å²) in [5.41, 5.74) is 7.32. The van der Waals surface area contributed by atoms with E-state index < -0.39 is 12.1 Å². The minimum Gasteiger partial charge on any atom is -0.494 e. The van der Waals surface area contributed by atoms with Crippen molar-refractivity contribution in [2.24, 2.45) is 11.7 Å². The highest BCUT2D eigenvalue weighted by molar-refractivity contribution is 7.99. The van der Waals surface area contributed by atoms with E-state index in [1.807, 2.05) is 24.3 Å². The zero-order chi connectivity index (χ0) is 38.1. The van der Waals surface area contributed by atoms with Crippen molar-refractivity contribution < 1.29 is 28.6 Å². The SMILES string of the molecule is CCCCCCCCCCCC(=O)OC[C@H](CSC[C@H](N)C(=O)NCCc1ccc(OCCC(C)C)cc1)OC(=O)CCCCCCCCCCC. The summed E-state index contributed by atoms with van der Waals surface area (Å²) in [5.74, 6) is 1.50. The average Bonchev–Trinajstić information content (AvgIpc) is 3.12. The van der Waals surface area contributed by atoms with E-state index >= 15 is 0 Å². The first-order valence-corrected chi connectivity index (χ1v) is 22.1. The predicted octanol–water partition coefficient (Wildman–Crippen LogP) is 10.1. The van der Waals surface area contributed by atoms with Crippen LogP contribution in [0.2, 0.25) is 0 Å².